The van der Waals surface area contributed by atoms with Gasteiger partial charge in [0.25, 0.3) is 0 Å². The highest BCUT2D eigenvalue weighted by Crippen LogP contribution is 2.27. The van der Waals surface area contributed by atoms with E-state index in [1.54, 1.807) is 25.5 Å². The second kappa shape index (κ2) is 11.5. The third-order valence-electron chi connectivity index (χ3n) is 5.15. The van der Waals surface area contributed by atoms with Gasteiger partial charge in [0.2, 0.25) is 17.8 Å². The molecular formula is C24H26N8O2. The highest BCUT2D eigenvalue weighted by atomic mass is 16.5. The number of nitrogens with zero attached hydrogens (tertiary/aromatic N) is 6. The minimum atomic E-state index is -0.0521. The normalized spacial score (nSPS) is 13.4. The molecule has 0 radical (unpaired) electrons. The molecule has 0 saturated carbocycles. The number of aromatic nitrogens is 3. The zero-order chi connectivity index (χ0) is 23.6. The van der Waals surface area contributed by atoms with E-state index in [0.29, 0.717) is 29.3 Å². The fourth-order valence-electron chi connectivity index (χ4n) is 3.51. The largest absolute Gasteiger partial charge is 0.493 e. The predicted octanol–water partition coefficient (Wildman–Crippen LogP) is 3.96. The Hall–Kier alpha value is -4.39. The van der Waals surface area contributed by atoms with Gasteiger partial charge < -0.3 is 19.7 Å². The summed E-state index contributed by atoms with van der Waals surface area (Å²) in [6.07, 6.45) is 5.08. The molecule has 4 rings (SSSR count). The molecule has 2 heterocycles. The lowest BCUT2D eigenvalue weighted by Crippen LogP contribution is -2.31. The van der Waals surface area contributed by atoms with Gasteiger partial charge in [0.05, 0.1) is 13.3 Å². The topological polar surface area (TPSA) is 121 Å². The van der Waals surface area contributed by atoms with Gasteiger partial charge in [0.1, 0.15) is 6.07 Å². The summed E-state index contributed by atoms with van der Waals surface area (Å²) in [5, 5.41) is 16.2. The molecule has 0 spiro atoms. The summed E-state index contributed by atoms with van der Waals surface area (Å²) in [7, 11) is 1.54. The first-order chi connectivity index (χ1) is 16.7. The minimum absolute atomic E-state index is 0.0521. The van der Waals surface area contributed by atoms with E-state index in [0.717, 1.165) is 37.2 Å². The van der Waals surface area contributed by atoms with Gasteiger partial charge >= 0.3 is 0 Å². The van der Waals surface area contributed by atoms with Crippen molar-refractivity contribution in [2.45, 2.75) is 19.3 Å². The summed E-state index contributed by atoms with van der Waals surface area (Å²) in [6, 6.07) is 17.0. The third-order valence-corrected chi connectivity index (χ3v) is 5.15. The quantitative estimate of drug-likeness (QED) is 0.362. The zero-order valence-electron chi connectivity index (χ0n) is 18.9. The van der Waals surface area contributed by atoms with E-state index in [1.165, 1.54) is 6.42 Å². The van der Waals surface area contributed by atoms with Crippen LogP contribution in [0.3, 0.4) is 0 Å². The number of nitrogens with one attached hydrogen (secondary N) is 2. The molecule has 1 aromatic heterocycles. The van der Waals surface area contributed by atoms with Crippen molar-refractivity contribution in [2.75, 3.05) is 42.4 Å². The van der Waals surface area contributed by atoms with E-state index in [4.69, 9.17) is 14.7 Å². The second-order valence-corrected chi connectivity index (χ2v) is 7.55. The average molecular weight is 459 g/mol. The van der Waals surface area contributed by atoms with Crippen molar-refractivity contribution in [1.29, 1.82) is 5.26 Å². The highest BCUT2D eigenvalue weighted by Gasteiger charge is 2.16. The lowest BCUT2D eigenvalue weighted by Gasteiger charge is -2.26. The molecule has 34 heavy (non-hydrogen) atoms. The van der Waals surface area contributed by atoms with Crippen LogP contribution in [0.2, 0.25) is 0 Å². The Kier molecular flexibility index (Phi) is 7.69. The Morgan fingerprint density at radius 1 is 1.03 bits per heavy atom. The maximum atomic E-state index is 8.71. The molecular weight excluding hydrogens is 432 g/mol. The SMILES string of the molecule is COc1cc(/C=N\Nc2nc(Nc3ccccc3)nc(N3CCCCC3)n2)ccc1OCC#N. The van der Waals surface area contributed by atoms with Crippen molar-refractivity contribution in [1.82, 2.24) is 15.0 Å². The van der Waals surface area contributed by atoms with Crippen LogP contribution in [0.4, 0.5) is 23.5 Å². The van der Waals surface area contributed by atoms with Gasteiger partial charge in [-0.1, -0.05) is 18.2 Å². The van der Waals surface area contributed by atoms with Crippen LogP contribution in [0.25, 0.3) is 0 Å². The van der Waals surface area contributed by atoms with Crippen LogP contribution in [0.5, 0.6) is 11.5 Å². The fourth-order valence-corrected chi connectivity index (χ4v) is 3.51. The predicted molar refractivity (Wildman–Crippen MR) is 131 cm³/mol. The number of piperidine rings is 1. The number of nitriles is 1. The molecule has 0 unspecified atom stereocenters. The fraction of sp³-hybridized carbons (Fsp3) is 0.292. The van der Waals surface area contributed by atoms with E-state index in [2.05, 4.69) is 35.7 Å². The monoisotopic (exact) mass is 458 g/mol. The van der Waals surface area contributed by atoms with Crippen molar-refractivity contribution in [3.8, 4) is 17.6 Å². The number of anilines is 4. The number of hydrogen-bond donors (Lipinski definition) is 2. The number of rotatable bonds is 9. The van der Waals surface area contributed by atoms with Gasteiger partial charge in [-0.2, -0.15) is 25.3 Å². The van der Waals surface area contributed by atoms with Crippen molar-refractivity contribution < 1.29 is 9.47 Å². The summed E-state index contributed by atoms with van der Waals surface area (Å²) >= 11 is 0. The minimum Gasteiger partial charge on any atom is -0.493 e. The second-order valence-electron chi connectivity index (χ2n) is 7.55. The molecule has 2 aromatic carbocycles. The molecule has 2 N–H and O–H groups in total. The molecule has 1 saturated heterocycles. The summed E-state index contributed by atoms with van der Waals surface area (Å²) in [4.78, 5) is 15.8. The first kappa shape index (κ1) is 22.8. The summed E-state index contributed by atoms with van der Waals surface area (Å²) in [5.41, 5.74) is 4.58. The Morgan fingerprint density at radius 2 is 1.82 bits per heavy atom. The van der Waals surface area contributed by atoms with Crippen molar-refractivity contribution in [3.05, 3.63) is 54.1 Å². The summed E-state index contributed by atoms with van der Waals surface area (Å²) in [5.74, 6) is 2.41. The molecule has 10 nitrogen and oxygen atoms in total. The third kappa shape index (κ3) is 6.10. The number of ether oxygens (including phenoxy) is 2. The van der Waals surface area contributed by atoms with E-state index in [9.17, 15) is 0 Å². The van der Waals surface area contributed by atoms with Gasteiger partial charge in [-0.15, -0.1) is 0 Å². The molecule has 0 aliphatic carbocycles. The Bertz CT molecular complexity index is 1160. The Morgan fingerprint density at radius 3 is 2.59 bits per heavy atom. The van der Waals surface area contributed by atoms with E-state index in [-0.39, 0.29) is 6.61 Å². The highest BCUT2D eigenvalue weighted by molar-refractivity contribution is 5.81. The Balaban J connectivity index is 1.52. The molecule has 174 valence electrons. The number of hydrogen-bond acceptors (Lipinski definition) is 10. The molecule has 1 fully saturated rings. The van der Waals surface area contributed by atoms with Crippen molar-refractivity contribution >= 4 is 29.7 Å². The van der Waals surface area contributed by atoms with Crippen molar-refractivity contribution in [2.24, 2.45) is 5.10 Å². The maximum Gasteiger partial charge on any atom is 0.250 e. The maximum absolute atomic E-state index is 8.71. The molecule has 0 amide bonds. The van der Waals surface area contributed by atoms with Crippen LogP contribution < -0.4 is 25.1 Å². The molecule has 1 aliphatic heterocycles. The average Bonchev–Trinajstić information content (AvgIpc) is 2.89. The smallest absolute Gasteiger partial charge is 0.250 e. The van der Waals surface area contributed by atoms with Crippen LogP contribution >= 0.6 is 0 Å². The lowest BCUT2D eigenvalue weighted by atomic mass is 10.1. The Labute approximate surface area is 198 Å². The molecule has 3 aromatic rings. The number of hydrazone groups is 1. The van der Waals surface area contributed by atoms with Gasteiger partial charge in [-0.3, -0.25) is 0 Å². The van der Waals surface area contributed by atoms with Crippen molar-refractivity contribution in [3.63, 3.8) is 0 Å². The van der Waals surface area contributed by atoms with Crippen LogP contribution in [0.1, 0.15) is 24.8 Å². The lowest BCUT2D eigenvalue weighted by molar-refractivity contribution is 0.329. The van der Waals surface area contributed by atoms with Gasteiger partial charge in [-0.25, -0.2) is 5.43 Å². The number of benzene rings is 2. The van der Waals surface area contributed by atoms with Gasteiger partial charge in [-0.05, 0) is 55.2 Å². The summed E-state index contributed by atoms with van der Waals surface area (Å²) in [6.45, 7) is 1.78. The van der Waals surface area contributed by atoms with E-state index < -0.39 is 0 Å². The van der Waals surface area contributed by atoms with Crippen LogP contribution in [-0.2, 0) is 0 Å². The summed E-state index contributed by atoms with van der Waals surface area (Å²) < 4.78 is 10.7. The van der Waals surface area contributed by atoms with Crippen LogP contribution in [0.15, 0.2) is 53.6 Å². The van der Waals surface area contributed by atoms with Crippen LogP contribution in [0, 0.1) is 11.3 Å². The molecule has 10 heteroatoms. The molecule has 0 bridgehead atoms. The number of para-hydroxylation sites is 1. The van der Waals surface area contributed by atoms with E-state index >= 15 is 0 Å². The standard InChI is InChI=1S/C24H26N8O2/c1-33-21-16-18(10-11-20(21)34-15-12-25)17-26-31-23-28-22(27-19-8-4-2-5-9-19)29-24(30-23)32-13-6-3-7-14-32/h2,4-5,8-11,16-17H,3,6-7,13-15H2,1H3,(H2,27,28,29,30,31)/b26-17-. The van der Waals surface area contributed by atoms with Gasteiger partial charge in [0, 0.05) is 18.8 Å². The first-order valence-electron chi connectivity index (χ1n) is 11.0. The molecule has 0 atom stereocenters. The zero-order valence-corrected chi connectivity index (χ0v) is 18.9. The molecule has 1 aliphatic rings. The first-order valence-corrected chi connectivity index (χ1v) is 11.0. The number of methoxy groups -OCH3 is 1. The van der Waals surface area contributed by atoms with Crippen LogP contribution in [-0.4, -0.2) is 48.0 Å². The van der Waals surface area contributed by atoms with E-state index in [1.807, 2.05) is 42.5 Å². The van der Waals surface area contributed by atoms with Gasteiger partial charge in [0.15, 0.2) is 18.1 Å².